The van der Waals surface area contributed by atoms with Crippen LogP contribution in [-0.4, -0.2) is 60.0 Å². The Morgan fingerprint density at radius 1 is 1.21 bits per heavy atom. The van der Waals surface area contributed by atoms with Crippen LogP contribution in [0.4, 0.5) is 0 Å². The van der Waals surface area contributed by atoms with E-state index in [0.717, 1.165) is 6.42 Å². The average molecular weight is 332 g/mol. The van der Waals surface area contributed by atoms with E-state index in [4.69, 9.17) is 9.47 Å². The zero-order chi connectivity index (χ0) is 17.1. The van der Waals surface area contributed by atoms with Gasteiger partial charge in [0.25, 0.3) is 5.91 Å². The van der Waals surface area contributed by atoms with Crippen molar-refractivity contribution in [1.82, 2.24) is 9.80 Å². The average Bonchev–Trinajstić information content (AvgIpc) is 3.11. The van der Waals surface area contributed by atoms with Crippen LogP contribution < -0.4 is 9.47 Å². The molecule has 6 nitrogen and oxygen atoms in total. The van der Waals surface area contributed by atoms with E-state index in [9.17, 15) is 9.59 Å². The normalized spacial score (nSPS) is 22.3. The Kier molecular flexibility index (Phi) is 4.92. The highest BCUT2D eigenvalue weighted by molar-refractivity contribution is 5.90. The van der Waals surface area contributed by atoms with Crippen LogP contribution in [0.2, 0.25) is 0 Å². The van der Waals surface area contributed by atoms with Gasteiger partial charge in [0.15, 0.2) is 11.5 Å². The fraction of sp³-hybridized carbons (Fsp3) is 0.556. The highest BCUT2D eigenvalue weighted by Crippen LogP contribution is 2.32. The van der Waals surface area contributed by atoms with E-state index < -0.39 is 6.10 Å². The monoisotopic (exact) mass is 332 g/mol. The lowest BCUT2D eigenvalue weighted by Crippen LogP contribution is -2.53. The molecular formula is C18H24N2O4. The molecular weight excluding hydrogens is 308 g/mol. The van der Waals surface area contributed by atoms with Crippen molar-refractivity contribution in [2.24, 2.45) is 0 Å². The van der Waals surface area contributed by atoms with Gasteiger partial charge in [0, 0.05) is 19.6 Å². The number of carbonyl (C=O) groups excluding carboxylic acids is 2. The predicted molar refractivity (Wildman–Crippen MR) is 89.0 cm³/mol. The van der Waals surface area contributed by atoms with Crippen LogP contribution in [0.3, 0.4) is 0 Å². The molecule has 0 radical (unpaired) electrons. The molecule has 2 atom stereocenters. The molecule has 0 spiro atoms. The Morgan fingerprint density at radius 2 is 1.92 bits per heavy atom. The van der Waals surface area contributed by atoms with Gasteiger partial charge in [0.05, 0.1) is 0 Å². The van der Waals surface area contributed by atoms with Gasteiger partial charge >= 0.3 is 0 Å². The van der Waals surface area contributed by atoms with Gasteiger partial charge in [-0.15, -0.1) is 0 Å². The van der Waals surface area contributed by atoms with Crippen molar-refractivity contribution in [1.29, 1.82) is 0 Å². The van der Waals surface area contributed by atoms with Crippen molar-refractivity contribution in [3.05, 3.63) is 24.3 Å². The first-order chi connectivity index (χ1) is 11.7. The number of carbonyl (C=O) groups is 2. The second-order valence-corrected chi connectivity index (χ2v) is 6.06. The van der Waals surface area contributed by atoms with Crippen molar-refractivity contribution in [3.63, 3.8) is 0 Å². The number of hydrogen-bond acceptors (Lipinski definition) is 4. The molecule has 3 rings (SSSR count). The molecule has 2 aliphatic rings. The topological polar surface area (TPSA) is 59.1 Å². The lowest BCUT2D eigenvalue weighted by Gasteiger charge is -2.33. The Labute approximate surface area is 142 Å². The summed E-state index contributed by atoms with van der Waals surface area (Å²) >= 11 is 0. The summed E-state index contributed by atoms with van der Waals surface area (Å²) in [6, 6.07) is 6.94. The lowest BCUT2D eigenvalue weighted by atomic mass is 10.1. The zero-order valence-electron chi connectivity index (χ0n) is 14.2. The van der Waals surface area contributed by atoms with Gasteiger partial charge in [-0.3, -0.25) is 9.59 Å². The van der Waals surface area contributed by atoms with E-state index >= 15 is 0 Å². The van der Waals surface area contributed by atoms with Crippen LogP contribution in [0.15, 0.2) is 24.3 Å². The second kappa shape index (κ2) is 7.11. The standard InChI is InChI=1S/C18H24N2O4/c1-3-19(4-2)17(21)13-8-7-11-20(13)18(22)16-12-23-14-9-5-6-10-15(14)24-16/h5-6,9-10,13,16H,3-4,7-8,11-12H2,1-2H3/t13-,16+/m1/s1. The van der Waals surface area contributed by atoms with Gasteiger partial charge in [-0.25, -0.2) is 0 Å². The molecule has 2 amide bonds. The maximum atomic E-state index is 12.9. The van der Waals surface area contributed by atoms with Gasteiger partial charge in [0.1, 0.15) is 12.6 Å². The summed E-state index contributed by atoms with van der Waals surface area (Å²) in [5.41, 5.74) is 0. The number of rotatable bonds is 4. The van der Waals surface area contributed by atoms with Crippen LogP contribution in [0.1, 0.15) is 26.7 Å². The first-order valence-corrected chi connectivity index (χ1v) is 8.63. The number of para-hydroxylation sites is 2. The Morgan fingerprint density at radius 3 is 2.62 bits per heavy atom. The summed E-state index contributed by atoms with van der Waals surface area (Å²) in [4.78, 5) is 29.0. The number of amides is 2. The van der Waals surface area contributed by atoms with Gasteiger partial charge in [0.2, 0.25) is 12.0 Å². The zero-order valence-corrected chi connectivity index (χ0v) is 14.2. The molecule has 24 heavy (non-hydrogen) atoms. The first-order valence-electron chi connectivity index (χ1n) is 8.63. The SMILES string of the molecule is CCN(CC)C(=O)[C@H]1CCCN1C(=O)[C@@H]1COc2ccccc2O1. The minimum Gasteiger partial charge on any atom is -0.485 e. The van der Waals surface area contributed by atoms with Gasteiger partial charge in [-0.2, -0.15) is 0 Å². The first kappa shape index (κ1) is 16.6. The number of ether oxygens (including phenoxy) is 2. The molecule has 6 heteroatoms. The maximum absolute atomic E-state index is 12.9. The summed E-state index contributed by atoms with van der Waals surface area (Å²) in [5.74, 6) is 1.10. The largest absolute Gasteiger partial charge is 0.485 e. The van der Waals surface area contributed by atoms with Crippen LogP contribution in [0, 0.1) is 0 Å². The van der Waals surface area contributed by atoms with Crippen LogP contribution in [0.5, 0.6) is 11.5 Å². The summed E-state index contributed by atoms with van der Waals surface area (Å²) in [6.45, 7) is 6.00. The third-order valence-electron chi connectivity index (χ3n) is 4.68. The Bertz CT molecular complexity index is 615. The number of hydrogen-bond donors (Lipinski definition) is 0. The van der Waals surface area contributed by atoms with Crippen LogP contribution in [-0.2, 0) is 9.59 Å². The van der Waals surface area contributed by atoms with Crippen molar-refractivity contribution < 1.29 is 19.1 Å². The third kappa shape index (κ3) is 3.05. The number of nitrogens with zero attached hydrogens (tertiary/aromatic N) is 2. The molecule has 1 aromatic rings. The van der Waals surface area contributed by atoms with Crippen molar-refractivity contribution in [2.75, 3.05) is 26.2 Å². The molecule has 2 aliphatic heterocycles. The molecule has 0 saturated carbocycles. The molecule has 2 heterocycles. The maximum Gasteiger partial charge on any atom is 0.267 e. The summed E-state index contributed by atoms with van der Waals surface area (Å²) in [5, 5.41) is 0. The van der Waals surface area contributed by atoms with Crippen molar-refractivity contribution in [2.45, 2.75) is 38.8 Å². The lowest BCUT2D eigenvalue weighted by molar-refractivity contribution is -0.149. The van der Waals surface area contributed by atoms with Crippen LogP contribution >= 0.6 is 0 Å². The predicted octanol–water partition coefficient (Wildman–Crippen LogP) is 1.69. The summed E-state index contributed by atoms with van der Waals surface area (Å²) in [7, 11) is 0. The Hall–Kier alpha value is -2.24. The van der Waals surface area contributed by atoms with E-state index in [-0.39, 0.29) is 24.5 Å². The number of likely N-dealkylation sites (tertiary alicyclic amines) is 1. The summed E-state index contributed by atoms with van der Waals surface area (Å²) in [6.07, 6.45) is 0.865. The quantitative estimate of drug-likeness (QED) is 0.842. The Balaban J connectivity index is 1.71. The molecule has 1 fully saturated rings. The summed E-state index contributed by atoms with van der Waals surface area (Å²) < 4.78 is 11.4. The fourth-order valence-corrected chi connectivity index (χ4v) is 3.36. The number of likely N-dealkylation sites (N-methyl/N-ethyl adjacent to an activating group) is 1. The molecule has 0 unspecified atom stereocenters. The molecule has 1 aromatic carbocycles. The second-order valence-electron chi connectivity index (χ2n) is 6.06. The van der Waals surface area contributed by atoms with E-state index in [1.165, 1.54) is 0 Å². The van der Waals surface area contributed by atoms with Crippen molar-refractivity contribution >= 4 is 11.8 Å². The van der Waals surface area contributed by atoms with E-state index in [0.29, 0.717) is 37.6 Å². The minimum atomic E-state index is -0.690. The van der Waals surface area contributed by atoms with Gasteiger partial charge in [-0.1, -0.05) is 12.1 Å². The van der Waals surface area contributed by atoms with E-state index in [1.54, 1.807) is 15.9 Å². The molecule has 130 valence electrons. The molecule has 0 aromatic heterocycles. The van der Waals surface area contributed by atoms with Crippen LogP contribution in [0.25, 0.3) is 0 Å². The van der Waals surface area contributed by atoms with E-state index in [2.05, 4.69) is 0 Å². The fourth-order valence-electron chi connectivity index (χ4n) is 3.36. The number of benzene rings is 1. The van der Waals surface area contributed by atoms with Gasteiger partial charge in [-0.05, 0) is 38.8 Å². The molecule has 1 saturated heterocycles. The smallest absolute Gasteiger partial charge is 0.267 e. The molecule has 0 bridgehead atoms. The van der Waals surface area contributed by atoms with Crippen molar-refractivity contribution in [3.8, 4) is 11.5 Å². The van der Waals surface area contributed by atoms with E-state index in [1.807, 2.05) is 32.0 Å². The highest BCUT2D eigenvalue weighted by atomic mass is 16.6. The minimum absolute atomic E-state index is 0.0305. The molecule has 0 aliphatic carbocycles. The number of fused-ring (bicyclic) bond motifs is 1. The van der Waals surface area contributed by atoms with Gasteiger partial charge < -0.3 is 19.3 Å². The highest BCUT2D eigenvalue weighted by Gasteiger charge is 2.40. The molecule has 0 N–H and O–H groups in total. The third-order valence-corrected chi connectivity index (χ3v) is 4.68.